The summed E-state index contributed by atoms with van der Waals surface area (Å²) in [7, 11) is 0. The number of amides is 2. The van der Waals surface area contributed by atoms with Crippen LogP contribution in [0.25, 0.3) is 0 Å². The van der Waals surface area contributed by atoms with Gasteiger partial charge in [0.1, 0.15) is 5.82 Å². The third kappa shape index (κ3) is 6.35. The maximum atomic E-state index is 13.5. The van der Waals surface area contributed by atoms with Crippen LogP contribution in [0.5, 0.6) is 0 Å². The molecule has 0 saturated heterocycles. The van der Waals surface area contributed by atoms with Gasteiger partial charge in [0.2, 0.25) is 11.8 Å². The average Bonchev–Trinajstić information content (AvgIpc) is 2.62. The SMILES string of the molecule is CCC(NC(=O)CSCC(=O)Nc1ccccc1F)c1ccc(Cl)cc1. The summed E-state index contributed by atoms with van der Waals surface area (Å²) in [6, 6.07) is 13.2. The van der Waals surface area contributed by atoms with Crippen molar-refractivity contribution in [2.24, 2.45) is 0 Å². The van der Waals surface area contributed by atoms with Gasteiger partial charge in [0.15, 0.2) is 0 Å². The Morgan fingerprint density at radius 3 is 2.38 bits per heavy atom. The van der Waals surface area contributed by atoms with Crippen LogP contribution >= 0.6 is 23.4 Å². The third-order valence-electron chi connectivity index (χ3n) is 3.63. The minimum atomic E-state index is -0.489. The van der Waals surface area contributed by atoms with E-state index >= 15 is 0 Å². The molecule has 0 aliphatic rings. The van der Waals surface area contributed by atoms with E-state index in [1.54, 1.807) is 24.3 Å². The summed E-state index contributed by atoms with van der Waals surface area (Å²) < 4.78 is 13.5. The van der Waals surface area contributed by atoms with Gasteiger partial charge in [-0.05, 0) is 36.2 Å². The molecule has 0 saturated carbocycles. The Kier molecular flexibility index (Phi) is 7.94. The lowest BCUT2D eigenvalue weighted by Gasteiger charge is -2.17. The highest BCUT2D eigenvalue weighted by atomic mass is 35.5. The molecule has 4 nitrogen and oxygen atoms in total. The molecule has 0 fully saturated rings. The van der Waals surface area contributed by atoms with Crippen LogP contribution in [0.2, 0.25) is 5.02 Å². The van der Waals surface area contributed by atoms with Gasteiger partial charge in [-0.1, -0.05) is 42.8 Å². The van der Waals surface area contributed by atoms with Crippen LogP contribution in [0.3, 0.4) is 0 Å². The predicted octanol–water partition coefficient (Wildman–Crippen LogP) is 4.42. The number of nitrogens with one attached hydrogen (secondary N) is 2. The quantitative estimate of drug-likeness (QED) is 0.696. The molecular weight excluding hydrogens is 375 g/mol. The van der Waals surface area contributed by atoms with E-state index in [0.717, 1.165) is 12.0 Å². The highest BCUT2D eigenvalue weighted by Gasteiger charge is 2.13. The topological polar surface area (TPSA) is 58.2 Å². The van der Waals surface area contributed by atoms with Gasteiger partial charge in [-0.15, -0.1) is 11.8 Å². The lowest BCUT2D eigenvalue weighted by atomic mass is 10.0. The number of benzene rings is 2. The molecule has 0 bridgehead atoms. The van der Waals surface area contributed by atoms with Gasteiger partial charge in [0.25, 0.3) is 0 Å². The molecule has 26 heavy (non-hydrogen) atoms. The Morgan fingerprint density at radius 1 is 1.08 bits per heavy atom. The molecule has 2 aromatic carbocycles. The fourth-order valence-corrected chi connectivity index (χ4v) is 3.09. The van der Waals surface area contributed by atoms with Crippen LogP contribution < -0.4 is 10.6 Å². The standard InChI is InChI=1S/C19H20ClFN2O2S/c1-2-16(13-7-9-14(20)10-8-13)22-18(24)11-26-12-19(25)23-17-6-4-3-5-15(17)21/h3-10,16H,2,11-12H2,1H3,(H,22,24)(H,23,25). The maximum absolute atomic E-state index is 13.5. The molecular formula is C19H20ClFN2O2S. The normalized spacial score (nSPS) is 11.7. The number of carbonyl (C=O) groups excluding carboxylic acids is 2. The average molecular weight is 395 g/mol. The van der Waals surface area contributed by atoms with Crippen molar-refractivity contribution < 1.29 is 14.0 Å². The number of anilines is 1. The number of rotatable bonds is 8. The van der Waals surface area contributed by atoms with Crippen LogP contribution in [0.15, 0.2) is 48.5 Å². The summed E-state index contributed by atoms with van der Waals surface area (Å²) >= 11 is 7.06. The van der Waals surface area contributed by atoms with E-state index in [0.29, 0.717) is 5.02 Å². The number of thioether (sulfide) groups is 1. The molecule has 0 heterocycles. The summed E-state index contributed by atoms with van der Waals surface area (Å²) in [6.45, 7) is 1.98. The molecule has 138 valence electrons. The fraction of sp³-hybridized carbons (Fsp3) is 0.263. The lowest BCUT2D eigenvalue weighted by Crippen LogP contribution is -2.30. The van der Waals surface area contributed by atoms with Crippen molar-refractivity contribution in [2.45, 2.75) is 19.4 Å². The lowest BCUT2D eigenvalue weighted by molar-refractivity contribution is -0.119. The number of halogens is 2. The first-order valence-corrected chi connectivity index (χ1v) is 9.69. The summed E-state index contributed by atoms with van der Waals surface area (Å²) in [5.41, 5.74) is 1.11. The van der Waals surface area contributed by atoms with Gasteiger partial charge in [-0.2, -0.15) is 0 Å². The zero-order valence-electron chi connectivity index (χ0n) is 14.3. The number of hydrogen-bond donors (Lipinski definition) is 2. The van der Waals surface area contributed by atoms with E-state index in [1.807, 2.05) is 19.1 Å². The van der Waals surface area contributed by atoms with Crippen LogP contribution in [-0.4, -0.2) is 23.3 Å². The van der Waals surface area contributed by atoms with Crippen LogP contribution in [0.1, 0.15) is 24.9 Å². The number of hydrogen-bond acceptors (Lipinski definition) is 3. The van der Waals surface area contributed by atoms with E-state index in [4.69, 9.17) is 11.6 Å². The molecule has 2 amide bonds. The van der Waals surface area contributed by atoms with Crippen molar-refractivity contribution >= 4 is 40.9 Å². The Morgan fingerprint density at radius 2 is 1.73 bits per heavy atom. The summed E-state index contributed by atoms with van der Waals surface area (Å²) in [4.78, 5) is 23.9. The van der Waals surface area contributed by atoms with Gasteiger partial charge in [-0.3, -0.25) is 9.59 Å². The molecule has 0 aliphatic carbocycles. The second-order valence-electron chi connectivity index (χ2n) is 5.60. The maximum Gasteiger partial charge on any atom is 0.234 e. The van der Waals surface area contributed by atoms with Gasteiger partial charge in [0.05, 0.1) is 23.2 Å². The van der Waals surface area contributed by atoms with Gasteiger partial charge < -0.3 is 10.6 Å². The van der Waals surface area contributed by atoms with Gasteiger partial charge in [-0.25, -0.2) is 4.39 Å². The van der Waals surface area contributed by atoms with E-state index in [2.05, 4.69) is 10.6 Å². The molecule has 1 unspecified atom stereocenters. The molecule has 0 aromatic heterocycles. The zero-order valence-corrected chi connectivity index (χ0v) is 15.9. The minimum Gasteiger partial charge on any atom is -0.349 e. The molecule has 0 radical (unpaired) electrons. The predicted molar refractivity (Wildman–Crippen MR) is 105 cm³/mol. The third-order valence-corrected chi connectivity index (χ3v) is 4.81. The van der Waals surface area contributed by atoms with Crippen LogP contribution in [-0.2, 0) is 9.59 Å². The summed E-state index contributed by atoms with van der Waals surface area (Å²) in [5.74, 6) is -0.778. The summed E-state index contributed by atoms with van der Waals surface area (Å²) in [5, 5.41) is 6.07. The first-order valence-electron chi connectivity index (χ1n) is 8.16. The van der Waals surface area contributed by atoms with Crippen molar-refractivity contribution in [3.05, 3.63) is 64.9 Å². The highest BCUT2D eigenvalue weighted by Crippen LogP contribution is 2.19. The first-order chi connectivity index (χ1) is 12.5. The molecule has 7 heteroatoms. The highest BCUT2D eigenvalue weighted by molar-refractivity contribution is 8.00. The van der Waals surface area contributed by atoms with Crippen molar-refractivity contribution in [3.8, 4) is 0 Å². The molecule has 1 atom stereocenters. The van der Waals surface area contributed by atoms with Crippen molar-refractivity contribution in [3.63, 3.8) is 0 Å². The van der Waals surface area contributed by atoms with Crippen molar-refractivity contribution in [1.82, 2.24) is 5.32 Å². The van der Waals surface area contributed by atoms with Crippen molar-refractivity contribution in [2.75, 3.05) is 16.8 Å². The first kappa shape index (κ1) is 20.3. The van der Waals surface area contributed by atoms with E-state index in [1.165, 1.54) is 23.9 Å². The van der Waals surface area contributed by atoms with Crippen LogP contribution in [0.4, 0.5) is 10.1 Å². The Balaban J connectivity index is 1.76. The monoisotopic (exact) mass is 394 g/mol. The fourth-order valence-electron chi connectivity index (χ4n) is 2.34. The second kappa shape index (κ2) is 10.2. The zero-order chi connectivity index (χ0) is 18.9. The number of para-hydroxylation sites is 1. The Labute approximate surface area is 161 Å². The van der Waals surface area contributed by atoms with Crippen molar-refractivity contribution in [1.29, 1.82) is 0 Å². The molecule has 2 N–H and O–H groups in total. The number of carbonyl (C=O) groups is 2. The van der Waals surface area contributed by atoms with Gasteiger partial charge in [0, 0.05) is 5.02 Å². The summed E-state index contributed by atoms with van der Waals surface area (Å²) in [6.07, 6.45) is 0.742. The molecule has 2 aromatic rings. The smallest absolute Gasteiger partial charge is 0.234 e. The molecule has 0 aliphatic heterocycles. The van der Waals surface area contributed by atoms with E-state index in [9.17, 15) is 14.0 Å². The molecule has 0 spiro atoms. The largest absolute Gasteiger partial charge is 0.349 e. The second-order valence-corrected chi connectivity index (χ2v) is 7.02. The Hall–Kier alpha value is -2.05. The Bertz CT molecular complexity index is 755. The van der Waals surface area contributed by atoms with E-state index in [-0.39, 0.29) is 35.0 Å². The van der Waals surface area contributed by atoms with Crippen LogP contribution in [0, 0.1) is 5.82 Å². The minimum absolute atomic E-state index is 0.0689. The van der Waals surface area contributed by atoms with E-state index < -0.39 is 5.82 Å². The molecule has 2 rings (SSSR count). The van der Waals surface area contributed by atoms with Gasteiger partial charge >= 0.3 is 0 Å².